The Labute approximate surface area is 130 Å². The van der Waals surface area contributed by atoms with Gasteiger partial charge in [-0.2, -0.15) is 5.26 Å². The van der Waals surface area contributed by atoms with E-state index < -0.39 is 0 Å². The number of fused-ring (bicyclic) bond motifs is 1. The number of benzene rings is 2. The third-order valence-electron chi connectivity index (χ3n) is 4.16. The number of hydrogen-bond donors (Lipinski definition) is 1. The lowest BCUT2D eigenvalue weighted by Gasteiger charge is -2.09. The van der Waals surface area contributed by atoms with Crippen molar-refractivity contribution in [3.05, 3.63) is 65.4 Å². The van der Waals surface area contributed by atoms with Gasteiger partial charge in [0.25, 0.3) is 0 Å². The molecule has 0 atom stereocenters. The molecule has 0 saturated carbocycles. The quantitative estimate of drug-likeness (QED) is 0.781. The van der Waals surface area contributed by atoms with E-state index in [0.717, 1.165) is 34.3 Å². The van der Waals surface area contributed by atoms with Gasteiger partial charge in [-0.05, 0) is 30.2 Å². The van der Waals surface area contributed by atoms with Crippen molar-refractivity contribution in [2.45, 2.75) is 19.9 Å². The smallest absolute Gasteiger partial charge is 0.102 e. The second kappa shape index (κ2) is 5.95. The van der Waals surface area contributed by atoms with Crippen LogP contribution in [0, 0.1) is 11.3 Å². The number of aryl methyl sites for hydroxylation is 2. The predicted molar refractivity (Wildman–Crippen MR) is 90.8 cm³/mol. The molecule has 3 heteroatoms. The Morgan fingerprint density at radius 3 is 2.50 bits per heavy atom. The summed E-state index contributed by atoms with van der Waals surface area (Å²) in [7, 11) is 2.01. The molecule has 1 aromatic heterocycles. The highest BCUT2D eigenvalue weighted by Crippen LogP contribution is 2.25. The number of nitriles is 1. The standard InChI is InChI=1S/C19H19N3/c1-3-14-8-10-15(11-9-14)21-13-19-17(12-20)16-6-4-5-7-18(16)22(19)2/h4-11,21H,3,13H2,1-2H3. The topological polar surface area (TPSA) is 40.8 Å². The molecular weight excluding hydrogens is 270 g/mol. The van der Waals surface area contributed by atoms with Crippen molar-refractivity contribution in [3.8, 4) is 6.07 Å². The van der Waals surface area contributed by atoms with Crippen molar-refractivity contribution >= 4 is 16.6 Å². The summed E-state index contributed by atoms with van der Waals surface area (Å²) in [5, 5.41) is 13.9. The first-order valence-electron chi connectivity index (χ1n) is 7.53. The normalized spacial score (nSPS) is 10.6. The van der Waals surface area contributed by atoms with Gasteiger partial charge in [0.05, 0.1) is 17.8 Å². The fourth-order valence-corrected chi connectivity index (χ4v) is 2.82. The van der Waals surface area contributed by atoms with Gasteiger partial charge in [-0.15, -0.1) is 0 Å². The van der Waals surface area contributed by atoms with Gasteiger partial charge in [0, 0.05) is 23.6 Å². The zero-order valence-electron chi connectivity index (χ0n) is 12.9. The molecule has 0 amide bonds. The summed E-state index contributed by atoms with van der Waals surface area (Å²) in [6, 6.07) is 18.8. The number of rotatable bonds is 4. The Morgan fingerprint density at radius 1 is 1.09 bits per heavy atom. The maximum absolute atomic E-state index is 9.50. The minimum Gasteiger partial charge on any atom is -0.379 e. The van der Waals surface area contributed by atoms with Gasteiger partial charge in [-0.1, -0.05) is 37.3 Å². The second-order valence-electron chi connectivity index (χ2n) is 5.41. The highest BCUT2D eigenvalue weighted by Gasteiger charge is 2.13. The number of hydrogen-bond acceptors (Lipinski definition) is 2. The average Bonchev–Trinajstić information content (AvgIpc) is 2.85. The lowest BCUT2D eigenvalue weighted by Crippen LogP contribution is -2.06. The lowest BCUT2D eigenvalue weighted by molar-refractivity contribution is 0.867. The van der Waals surface area contributed by atoms with Crippen LogP contribution in [0.3, 0.4) is 0 Å². The first-order valence-corrected chi connectivity index (χ1v) is 7.53. The van der Waals surface area contributed by atoms with E-state index in [1.165, 1.54) is 5.56 Å². The van der Waals surface area contributed by atoms with Gasteiger partial charge in [0.1, 0.15) is 6.07 Å². The van der Waals surface area contributed by atoms with Crippen LogP contribution in [0.25, 0.3) is 10.9 Å². The first kappa shape index (κ1) is 14.2. The Balaban J connectivity index is 1.90. The molecule has 0 spiro atoms. The number of nitrogens with one attached hydrogen (secondary N) is 1. The van der Waals surface area contributed by atoms with Crippen molar-refractivity contribution in [1.82, 2.24) is 4.57 Å². The maximum atomic E-state index is 9.50. The molecule has 22 heavy (non-hydrogen) atoms. The molecule has 3 aromatic rings. The number of para-hydroxylation sites is 1. The van der Waals surface area contributed by atoms with Crippen molar-refractivity contribution < 1.29 is 0 Å². The van der Waals surface area contributed by atoms with Crippen molar-refractivity contribution in [1.29, 1.82) is 5.26 Å². The Bertz CT molecular complexity index is 835. The van der Waals surface area contributed by atoms with Crippen LogP contribution < -0.4 is 5.32 Å². The van der Waals surface area contributed by atoms with Crippen molar-refractivity contribution in [2.24, 2.45) is 7.05 Å². The van der Waals surface area contributed by atoms with Crippen molar-refractivity contribution in [2.75, 3.05) is 5.32 Å². The lowest BCUT2D eigenvalue weighted by atomic mass is 10.1. The van der Waals surface area contributed by atoms with Gasteiger partial charge < -0.3 is 9.88 Å². The third-order valence-corrected chi connectivity index (χ3v) is 4.16. The monoisotopic (exact) mass is 289 g/mol. The minimum atomic E-state index is 0.638. The van der Waals surface area contributed by atoms with E-state index in [9.17, 15) is 5.26 Å². The Morgan fingerprint density at radius 2 is 1.82 bits per heavy atom. The van der Waals surface area contributed by atoms with E-state index >= 15 is 0 Å². The summed E-state index contributed by atoms with van der Waals surface area (Å²) in [6.07, 6.45) is 1.04. The zero-order chi connectivity index (χ0) is 15.5. The van der Waals surface area contributed by atoms with E-state index in [4.69, 9.17) is 0 Å². The molecule has 3 nitrogen and oxygen atoms in total. The Hall–Kier alpha value is -2.73. The average molecular weight is 289 g/mol. The van der Waals surface area contributed by atoms with Gasteiger partial charge in [0.2, 0.25) is 0 Å². The summed E-state index contributed by atoms with van der Waals surface area (Å²) in [6.45, 7) is 2.79. The van der Waals surface area contributed by atoms with Crippen LogP contribution in [0.5, 0.6) is 0 Å². The van der Waals surface area contributed by atoms with E-state index in [0.29, 0.717) is 6.54 Å². The van der Waals surface area contributed by atoms with Crippen LogP contribution in [-0.2, 0) is 20.0 Å². The van der Waals surface area contributed by atoms with Crippen LogP contribution in [0.2, 0.25) is 0 Å². The molecule has 110 valence electrons. The first-order chi connectivity index (χ1) is 10.7. The molecule has 2 aromatic carbocycles. The molecule has 0 saturated heterocycles. The van der Waals surface area contributed by atoms with E-state index in [-0.39, 0.29) is 0 Å². The molecule has 0 unspecified atom stereocenters. The highest BCUT2D eigenvalue weighted by atomic mass is 15.0. The van der Waals surface area contributed by atoms with Crippen LogP contribution in [0.4, 0.5) is 5.69 Å². The predicted octanol–water partition coefficient (Wildman–Crippen LogP) is 4.22. The number of anilines is 1. The van der Waals surface area contributed by atoms with Gasteiger partial charge in [-0.3, -0.25) is 0 Å². The van der Waals surface area contributed by atoms with Gasteiger partial charge in [0.15, 0.2) is 0 Å². The highest BCUT2D eigenvalue weighted by molar-refractivity contribution is 5.88. The van der Waals surface area contributed by atoms with Gasteiger partial charge in [-0.25, -0.2) is 0 Å². The van der Waals surface area contributed by atoms with E-state index in [2.05, 4.69) is 53.2 Å². The Kier molecular flexibility index (Phi) is 3.84. The van der Waals surface area contributed by atoms with E-state index in [1.54, 1.807) is 0 Å². The summed E-state index contributed by atoms with van der Waals surface area (Å²) in [5.74, 6) is 0. The summed E-state index contributed by atoms with van der Waals surface area (Å²) in [4.78, 5) is 0. The molecule has 1 N–H and O–H groups in total. The molecule has 3 rings (SSSR count). The van der Waals surface area contributed by atoms with Crippen LogP contribution in [0.1, 0.15) is 23.7 Å². The molecule has 0 radical (unpaired) electrons. The molecule has 1 heterocycles. The molecule has 0 bridgehead atoms. The zero-order valence-corrected chi connectivity index (χ0v) is 12.9. The molecule has 0 fully saturated rings. The summed E-state index contributed by atoms with van der Waals surface area (Å²) in [5.41, 5.74) is 5.27. The number of nitrogens with zero attached hydrogens (tertiary/aromatic N) is 2. The van der Waals surface area contributed by atoms with Crippen molar-refractivity contribution in [3.63, 3.8) is 0 Å². The molecular formula is C19H19N3. The fourth-order valence-electron chi connectivity index (χ4n) is 2.82. The van der Waals surface area contributed by atoms with Crippen LogP contribution >= 0.6 is 0 Å². The molecule has 0 aliphatic carbocycles. The van der Waals surface area contributed by atoms with Crippen LogP contribution in [-0.4, -0.2) is 4.57 Å². The second-order valence-corrected chi connectivity index (χ2v) is 5.41. The largest absolute Gasteiger partial charge is 0.379 e. The molecule has 0 aliphatic rings. The number of aromatic nitrogens is 1. The third kappa shape index (κ3) is 2.44. The SMILES string of the molecule is CCc1ccc(NCc2c(C#N)c3ccccc3n2C)cc1. The minimum absolute atomic E-state index is 0.638. The van der Waals surface area contributed by atoms with E-state index in [1.807, 2.05) is 25.2 Å². The maximum Gasteiger partial charge on any atom is 0.102 e. The molecule has 0 aliphatic heterocycles. The summed E-state index contributed by atoms with van der Waals surface area (Å²) >= 11 is 0. The van der Waals surface area contributed by atoms with Gasteiger partial charge >= 0.3 is 0 Å². The fraction of sp³-hybridized carbons (Fsp3) is 0.211. The van der Waals surface area contributed by atoms with Crippen LogP contribution in [0.15, 0.2) is 48.5 Å². The summed E-state index contributed by atoms with van der Waals surface area (Å²) < 4.78 is 2.10.